The second-order valence-electron chi connectivity index (χ2n) is 4.41. The first-order valence-electron chi connectivity index (χ1n) is 6.16. The molecule has 2 aromatic rings. The van der Waals surface area contributed by atoms with Gasteiger partial charge in [-0.3, -0.25) is 15.1 Å². The van der Waals surface area contributed by atoms with E-state index in [-0.39, 0.29) is 5.91 Å². The fraction of sp³-hybridized carbons (Fsp3) is 0.308. The molecule has 19 heavy (non-hydrogen) atoms. The molecule has 3 rings (SSSR count). The standard InChI is InChI=1S/C13H14N4OS/c1-8-9(3-2-5-15-8)12(18)17-13-16-10-4-6-14-7-11(10)19-13/h2-3,5,14H,4,6-7H2,1H3,(H,16,17,18). The summed E-state index contributed by atoms with van der Waals surface area (Å²) >= 11 is 1.54. The highest BCUT2D eigenvalue weighted by atomic mass is 32.1. The van der Waals surface area contributed by atoms with E-state index in [1.165, 1.54) is 16.2 Å². The number of rotatable bonds is 2. The van der Waals surface area contributed by atoms with Crippen LogP contribution in [0, 0.1) is 6.92 Å². The van der Waals surface area contributed by atoms with Gasteiger partial charge in [0.1, 0.15) is 0 Å². The van der Waals surface area contributed by atoms with Gasteiger partial charge in [-0.2, -0.15) is 0 Å². The average Bonchev–Trinajstić information content (AvgIpc) is 2.81. The number of nitrogens with one attached hydrogen (secondary N) is 2. The van der Waals surface area contributed by atoms with E-state index in [1.807, 2.05) is 6.92 Å². The van der Waals surface area contributed by atoms with E-state index in [4.69, 9.17) is 0 Å². The number of hydrogen-bond acceptors (Lipinski definition) is 5. The number of hydrogen-bond donors (Lipinski definition) is 2. The second-order valence-corrected chi connectivity index (χ2v) is 5.49. The highest BCUT2D eigenvalue weighted by Gasteiger charge is 2.17. The molecular weight excluding hydrogens is 260 g/mol. The molecule has 2 aromatic heterocycles. The molecule has 0 aromatic carbocycles. The van der Waals surface area contributed by atoms with Crippen LogP contribution in [-0.2, 0) is 13.0 Å². The second kappa shape index (κ2) is 5.07. The lowest BCUT2D eigenvalue weighted by Gasteiger charge is -2.09. The highest BCUT2D eigenvalue weighted by molar-refractivity contribution is 7.15. The molecule has 2 N–H and O–H groups in total. The van der Waals surface area contributed by atoms with E-state index < -0.39 is 0 Å². The van der Waals surface area contributed by atoms with Crippen LogP contribution in [-0.4, -0.2) is 22.4 Å². The van der Waals surface area contributed by atoms with Crippen molar-refractivity contribution in [2.24, 2.45) is 0 Å². The third kappa shape index (κ3) is 2.50. The first kappa shape index (κ1) is 12.3. The fourth-order valence-corrected chi connectivity index (χ4v) is 3.04. The maximum atomic E-state index is 12.1. The number of fused-ring (bicyclic) bond motifs is 1. The number of anilines is 1. The van der Waals surface area contributed by atoms with Gasteiger partial charge in [0.15, 0.2) is 5.13 Å². The Morgan fingerprint density at radius 2 is 2.42 bits per heavy atom. The van der Waals surface area contributed by atoms with Crippen molar-refractivity contribution >= 4 is 22.4 Å². The summed E-state index contributed by atoms with van der Waals surface area (Å²) < 4.78 is 0. The molecule has 0 unspecified atom stereocenters. The number of carbonyl (C=O) groups is 1. The summed E-state index contributed by atoms with van der Waals surface area (Å²) in [6, 6.07) is 3.53. The molecule has 1 aliphatic heterocycles. The van der Waals surface area contributed by atoms with Gasteiger partial charge < -0.3 is 5.32 Å². The van der Waals surface area contributed by atoms with Gasteiger partial charge in [0.25, 0.3) is 5.91 Å². The molecule has 1 aliphatic rings. The molecule has 1 amide bonds. The van der Waals surface area contributed by atoms with Crippen LogP contribution in [0.25, 0.3) is 0 Å². The van der Waals surface area contributed by atoms with Crippen molar-refractivity contribution < 1.29 is 4.79 Å². The number of aryl methyl sites for hydroxylation is 1. The Kier molecular flexibility index (Phi) is 3.27. The Morgan fingerprint density at radius 3 is 3.21 bits per heavy atom. The SMILES string of the molecule is Cc1ncccc1C(=O)Nc1nc2c(s1)CNCC2. The van der Waals surface area contributed by atoms with Crippen molar-refractivity contribution in [3.05, 3.63) is 40.2 Å². The molecule has 5 nitrogen and oxygen atoms in total. The third-order valence-corrected chi connectivity index (χ3v) is 4.09. The minimum atomic E-state index is -0.148. The summed E-state index contributed by atoms with van der Waals surface area (Å²) in [6.07, 6.45) is 2.60. The molecular formula is C13H14N4OS. The van der Waals surface area contributed by atoms with E-state index in [0.29, 0.717) is 10.7 Å². The lowest BCUT2D eigenvalue weighted by atomic mass is 10.2. The molecule has 0 atom stereocenters. The quantitative estimate of drug-likeness (QED) is 0.875. The van der Waals surface area contributed by atoms with Crippen molar-refractivity contribution in [1.29, 1.82) is 0 Å². The summed E-state index contributed by atoms with van der Waals surface area (Å²) in [5.41, 5.74) is 2.42. The molecule has 6 heteroatoms. The first-order chi connectivity index (χ1) is 9.24. The molecule has 98 valence electrons. The van der Waals surface area contributed by atoms with Crippen LogP contribution in [0.1, 0.15) is 26.6 Å². The van der Waals surface area contributed by atoms with E-state index in [2.05, 4.69) is 20.6 Å². The number of amides is 1. The van der Waals surface area contributed by atoms with Gasteiger partial charge in [-0.25, -0.2) is 4.98 Å². The highest BCUT2D eigenvalue weighted by Crippen LogP contribution is 2.25. The zero-order valence-corrected chi connectivity index (χ0v) is 11.4. The maximum absolute atomic E-state index is 12.1. The predicted molar refractivity (Wildman–Crippen MR) is 74.5 cm³/mol. The smallest absolute Gasteiger partial charge is 0.259 e. The summed E-state index contributed by atoms with van der Waals surface area (Å²) in [7, 11) is 0. The van der Waals surface area contributed by atoms with E-state index in [9.17, 15) is 4.79 Å². The maximum Gasteiger partial charge on any atom is 0.259 e. The fourth-order valence-electron chi connectivity index (χ4n) is 2.07. The van der Waals surface area contributed by atoms with Gasteiger partial charge in [-0.15, -0.1) is 11.3 Å². The normalized spacial score (nSPS) is 13.9. The number of pyridine rings is 1. The van der Waals surface area contributed by atoms with Crippen LogP contribution in [0.2, 0.25) is 0 Å². The summed E-state index contributed by atoms with van der Waals surface area (Å²) in [6.45, 7) is 3.62. The monoisotopic (exact) mass is 274 g/mol. The molecule has 0 spiro atoms. The van der Waals surface area contributed by atoms with Crippen molar-refractivity contribution in [3.8, 4) is 0 Å². The lowest BCUT2D eigenvalue weighted by molar-refractivity contribution is 0.102. The number of thiazole rings is 1. The van der Waals surface area contributed by atoms with Gasteiger partial charge in [-0.1, -0.05) is 0 Å². The summed E-state index contributed by atoms with van der Waals surface area (Å²) in [5, 5.41) is 6.82. The van der Waals surface area contributed by atoms with Crippen LogP contribution in [0.3, 0.4) is 0 Å². The third-order valence-electron chi connectivity index (χ3n) is 3.07. The predicted octanol–water partition coefficient (Wildman–Crippen LogP) is 1.74. The van der Waals surface area contributed by atoms with Gasteiger partial charge >= 0.3 is 0 Å². The van der Waals surface area contributed by atoms with Gasteiger partial charge in [-0.05, 0) is 19.1 Å². The first-order valence-corrected chi connectivity index (χ1v) is 6.98. The van der Waals surface area contributed by atoms with E-state index in [1.54, 1.807) is 18.3 Å². The lowest BCUT2D eigenvalue weighted by Crippen LogP contribution is -2.22. The summed E-state index contributed by atoms with van der Waals surface area (Å²) in [5.74, 6) is -0.148. The molecule has 0 aliphatic carbocycles. The zero-order valence-electron chi connectivity index (χ0n) is 10.6. The van der Waals surface area contributed by atoms with Crippen molar-refractivity contribution in [1.82, 2.24) is 15.3 Å². The van der Waals surface area contributed by atoms with Crippen LogP contribution < -0.4 is 10.6 Å². The zero-order chi connectivity index (χ0) is 13.2. The summed E-state index contributed by atoms with van der Waals surface area (Å²) in [4.78, 5) is 22.0. The van der Waals surface area contributed by atoms with Crippen LogP contribution in [0.4, 0.5) is 5.13 Å². The van der Waals surface area contributed by atoms with Gasteiger partial charge in [0.05, 0.1) is 11.3 Å². The minimum absolute atomic E-state index is 0.148. The van der Waals surface area contributed by atoms with E-state index >= 15 is 0 Å². The number of nitrogens with zero attached hydrogens (tertiary/aromatic N) is 2. The van der Waals surface area contributed by atoms with E-state index in [0.717, 1.165) is 30.9 Å². The Bertz CT molecular complexity index is 599. The Balaban J connectivity index is 1.80. The number of carbonyl (C=O) groups excluding carboxylic acids is 1. The van der Waals surface area contributed by atoms with Crippen molar-refractivity contribution in [3.63, 3.8) is 0 Å². The Morgan fingerprint density at radius 1 is 1.53 bits per heavy atom. The Labute approximate surface area is 115 Å². The van der Waals surface area contributed by atoms with Crippen LogP contribution in [0.15, 0.2) is 18.3 Å². The molecule has 0 saturated heterocycles. The molecule has 0 fully saturated rings. The molecule has 0 radical (unpaired) electrons. The topological polar surface area (TPSA) is 66.9 Å². The van der Waals surface area contributed by atoms with Crippen LogP contribution in [0.5, 0.6) is 0 Å². The molecule has 0 saturated carbocycles. The Hall–Kier alpha value is -1.79. The van der Waals surface area contributed by atoms with Gasteiger partial charge in [0, 0.05) is 36.3 Å². The van der Waals surface area contributed by atoms with Crippen molar-refractivity contribution in [2.75, 3.05) is 11.9 Å². The molecule has 3 heterocycles. The number of aromatic nitrogens is 2. The van der Waals surface area contributed by atoms with Crippen molar-refractivity contribution in [2.45, 2.75) is 19.9 Å². The largest absolute Gasteiger partial charge is 0.311 e. The average molecular weight is 274 g/mol. The van der Waals surface area contributed by atoms with Crippen LogP contribution >= 0.6 is 11.3 Å². The van der Waals surface area contributed by atoms with Gasteiger partial charge in [0.2, 0.25) is 0 Å². The molecule has 0 bridgehead atoms. The minimum Gasteiger partial charge on any atom is -0.311 e.